The Bertz CT molecular complexity index is 642. The molecule has 2 heterocycles. The van der Waals surface area contributed by atoms with E-state index in [-0.39, 0.29) is 17.9 Å². The second-order valence-electron chi connectivity index (χ2n) is 3.91. The van der Waals surface area contributed by atoms with Crippen LogP contribution in [0, 0.1) is 6.92 Å². The molecular weight excluding hydrogens is 246 g/mol. The third-order valence-electron chi connectivity index (χ3n) is 2.50. The van der Waals surface area contributed by atoms with Crippen LogP contribution in [-0.2, 0) is 11.2 Å². The van der Waals surface area contributed by atoms with Gasteiger partial charge in [0.1, 0.15) is 0 Å². The molecule has 0 unspecified atom stereocenters. The predicted octanol–water partition coefficient (Wildman–Crippen LogP) is 0.0992. The van der Waals surface area contributed by atoms with Gasteiger partial charge in [-0.3, -0.25) is 19.7 Å². The molecule has 2 aromatic rings. The summed E-state index contributed by atoms with van der Waals surface area (Å²) in [5.74, 6) is -0.361. The fraction of sp³-hybridized carbons (Fsp3) is 0.167. The van der Waals surface area contributed by atoms with Gasteiger partial charge in [-0.05, 0) is 19.1 Å². The minimum atomic E-state index is -0.361. The molecule has 0 saturated carbocycles. The zero-order chi connectivity index (χ0) is 13.7. The minimum Gasteiger partial charge on any atom is -0.302 e. The molecule has 3 N–H and O–H groups in total. The molecule has 19 heavy (non-hydrogen) atoms. The van der Waals surface area contributed by atoms with Gasteiger partial charge in [-0.2, -0.15) is 5.10 Å². The largest absolute Gasteiger partial charge is 0.302 e. The number of carbonyl (C=O) groups excluding carboxylic acids is 1. The standard InChI is InChI=1S/C12H13N5O2/c1-8-10(12(19)17-15-8)6-11(18)16-14-7-9-4-2-3-5-13-9/h2-5,7H,6H2,1H3,(H,16,18)(H2,15,17,19). The zero-order valence-corrected chi connectivity index (χ0v) is 10.3. The van der Waals surface area contributed by atoms with Gasteiger partial charge in [-0.1, -0.05) is 6.07 Å². The van der Waals surface area contributed by atoms with E-state index in [2.05, 4.69) is 25.7 Å². The number of hydrogen-bond acceptors (Lipinski definition) is 4. The first-order chi connectivity index (χ1) is 9.16. The number of rotatable bonds is 4. The third-order valence-corrected chi connectivity index (χ3v) is 2.50. The van der Waals surface area contributed by atoms with Crippen molar-refractivity contribution >= 4 is 12.1 Å². The fourth-order valence-corrected chi connectivity index (χ4v) is 1.51. The Morgan fingerprint density at radius 3 is 2.95 bits per heavy atom. The molecule has 2 aromatic heterocycles. The maximum atomic E-state index is 11.6. The van der Waals surface area contributed by atoms with Crippen molar-refractivity contribution < 1.29 is 4.79 Å². The molecule has 1 amide bonds. The molecule has 0 aliphatic heterocycles. The van der Waals surface area contributed by atoms with Crippen LogP contribution in [0.15, 0.2) is 34.3 Å². The lowest BCUT2D eigenvalue weighted by atomic mass is 10.2. The lowest BCUT2D eigenvalue weighted by molar-refractivity contribution is -0.120. The van der Waals surface area contributed by atoms with E-state index in [1.807, 2.05) is 6.07 Å². The predicted molar refractivity (Wildman–Crippen MR) is 69.8 cm³/mol. The monoisotopic (exact) mass is 259 g/mol. The molecule has 0 fully saturated rings. The number of nitrogens with zero attached hydrogens (tertiary/aromatic N) is 2. The summed E-state index contributed by atoms with van der Waals surface area (Å²) in [5.41, 5.74) is 3.75. The first kappa shape index (κ1) is 12.7. The molecule has 98 valence electrons. The van der Waals surface area contributed by atoms with Crippen LogP contribution >= 0.6 is 0 Å². The minimum absolute atomic E-state index is 0.0236. The lowest BCUT2D eigenvalue weighted by Crippen LogP contribution is -2.23. The normalized spacial score (nSPS) is 10.8. The van der Waals surface area contributed by atoms with Crippen LogP contribution in [0.1, 0.15) is 17.0 Å². The quantitative estimate of drug-likeness (QED) is 0.536. The highest BCUT2D eigenvalue weighted by atomic mass is 16.2. The summed E-state index contributed by atoms with van der Waals surface area (Å²) >= 11 is 0. The van der Waals surface area contributed by atoms with Crippen LogP contribution in [0.5, 0.6) is 0 Å². The molecule has 0 aliphatic carbocycles. The van der Waals surface area contributed by atoms with Crippen molar-refractivity contribution in [2.75, 3.05) is 0 Å². The number of hydrogen-bond donors (Lipinski definition) is 3. The maximum absolute atomic E-state index is 11.6. The molecule has 0 atom stereocenters. The topological polar surface area (TPSA) is 103 Å². The van der Waals surface area contributed by atoms with Crippen molar-refractivity contribution in [2.24, 2.45) is 5.10 Å². The molecule has 2 rings (SSSR count). The van der Waals surface area contributed by atoms with Gasteiger partial charge in [0.2, 0.25) is 5.91 Å². The van der Waals surface area contributed by atoms with E-state index in [1.165, 1.54) is 6.21 Å². The van der Waals surface area contributed by atoms with E-state index in [4.69, 9.17) is 0 Å². The fourth-order valence-electron chi connectivity index (χ4n) is 1.51. The number of hydrazone groups is 1. The van der Waals surface area contributed by atoms with Crippen molar-refractivity contribution in [1.82, 2.24) is 20.6 Å². The second kappa shape index (κ2) is 5.76. The highest BCUT2D eigenvalue weighted by molar-refractivity contribution is 5.82. The molecule has 0 radical (unpaired) electrons. The van der Waals surface area contributed by atoms with E-state index < -0.39 is 0 Å². The van der Waals surface area contributed by atoms with Crippen molar-refractivity contribution in [3.63, 3.8) is 0 Å². The summed E-state index contributed by atoms with van der Waals surface area (Å²) in [4.78, 5) is 27.0. The van der Waals surface area contributed by atoms with Gasteiger partial charge in [0.05, 0.1) is 18.3 Å². The van der Waals surface area contributed by atoms with Crippen molar-refractivity contribution in [2.45, 2.75) is 13.3 Å². The van der Waals surface area contributed by atoms with Crippen LogP contribution in [0.2, 0.25) is 0 Å². The third kappa shape index (κ3) is 3.38. The smallest absolute Gasteiger partial charge is 0.267 e. The number of aryl methyl sites for hydroxylation is 1. The Morgan fingerprint density at radius 1 is 1.47 bits per heavy atom. The average molecular weight is 259 g/mol. The van der Waals surface area contributed by atoms with Crippen molar-refractivity contribution in [3.05, 3.63) is 51.7 Å². The number of aromatic amines is 2. The first-order valence-corrected chi connectivity index (χ1v) is 5.66. The van der Waals surface area contributed by atoms with Gasteiger partial charge >= 0.3 is 0 Å². The molecule has 0 saturated heterocycles. The summed E-state index contributed by atoms with van der Waals surface area (Å²) in [6.07, 6.45) is 3.04. The van der Waals surface area contributed by atoms with Gasteiger partial charge in [0.25, 0.3) is 5.56 Å². The van der Waals surface area contributed by atoms with Crippen LogP contribution in [0.3, 0.4) is 0 Å². The molecule has 7 heteroatoms. The summed E-state index contributed by atoms with van der Waals surface area (Å²) in [5, 5.41) is 8.85. The number of carbonyl (C=O) groups is 1. The van der Waals surface area contributed by atoms with Crippen LogP contribution in [-0.4, -0.2) is 27.3 Å². The molecule has 0 aromatic carbocycles. The van der Waals surface area contributed by atoms with E-state index in [0.29, 0.717) is 17.0 Å². The summed E-state index contributed by atoms with van der Waals surface area (Å²) in [7, 11) is 0. The highest BCUT2D eigenvalue weighted by Gasteiger charge is 2.10. The number of pyridine rings is 1. The van der Waals surface area contributed by atoms with E-state index >= 15 is 0 Å². The maximum Gasteiger partial charge on any atom is 0.267 e. The van der Waals surface area contributed by atoms with E-state index in [9.17, 15) is 9.59 Å². The first-order valence-electron chi connectivity index (χ1n) is 5.66. The molecule has 7 nitrogen and oxygen atoms in total. The van der Waals surface area contributed by atoms with Gasteiger partial charge in [0.15, 0.2) is 0 Å². The van der Waals surface area contributed by atoms with Gasteiger partial charge in [-0.15, -0.1) is 0 Å². The average Bonchev–Trinajstić information content (AvgIpc) is 2.72. The SMILES string of the molecule is Cc1[nH][nH]c(=O)c1CC(=O)NN=Cc1ccccn1. The Balaban J connectivity index is 1.92. The molecule has 0 bridgehead atoms. The molecular formula is C12H13N5O2. The van der Waals surface area contributed by atoms with E-state index in [0.717, 1.165) is 0 Å². The highest BCUT2D eigenvalue weighted by Crippen LogP contribution is 1.97. The van der Waals surface area contributed by atoms with Crippen LogP contribution < -0.4 is 11.0 Å². The van der Waals surface area contributed by atoms with Crippen molar-refractivity contribution in [1.29, 1.82) is 0 Å². The molecule has 0 aliphatic rings. The Kier molecular flexibility index (Phi) is 3.87. The summed E-state index contributed by atoms with van der Waals surface area (Å²) < 4.78 is 0. The van der Waals surface area contributed by atoms with Gasteiger partial charge in [0, 0.05) is 17.5 Å². The Labute approximate surface area is 108 Å². The summed E-state index contributed by atoms with van der Waals surface area (Å²) in [6, 6.07) is 5.37. The number of aromatic nitrogens is 3. The number of nitrogens with one attached hydrogen (secondary N) is 3. The van der Waals surface area contributed by atoms with Gasteiger partial charge < -0.3 is 5.10 Å². The lowest BCUT2D eigenvalue weighted by Gasteiger charge is -1.97. The van der Waals surface area contributed by atoms with Crippen LogP contribution in [0.4, 0.5) is 0 Å². The van der Waals surface area contributed by atoms with E-state index in [1.54, 1.807) is 25.3 Å². The molecule has 0 spiro atoms. The second-order valence-corrected chi connectivity index (χ2v) is 3.91. The number of amides is 1. The van der Waals surface area contributed by atoms with Crippen LogP contribution in [0.25, 0.3) is 0 Å². The number of H-pyrrole nitrogens is 2. The summed E-state index contributed by atoms with van der Waals surface area (Å²) in [6.45, 7) is 1.72. The Hall–Kier alpha value is -2.70. The van der Waals surface area contributed by atoms with Crippen molar-refractivity contribution in [3.8, 4) is 0 Å². The van der Waals surface area contributed by atoms with Gasteiger partial charge in [-0.25, -0.2) is 5.43 Å². The Morgan fingerprint density at radius 2 is 2.32 bits per heavy atom. The zero-order valence-electron chi connectivity index (χ0n) is 10.3.